The van der Waals surface area contributed by atoms with Crippen LogP contribution in [0.2, 0.25) is 0 Å². The molecule has 0 amide bonds. The van der Waals surface area contributed by atoms with E-state index in [4.69, 9.17) is 0 Å². The highest BCUT2D eigenvalue weighted by molar-refractivity contribution is 5.57. The number of hydrogen-bond acceptors (Lipinski definition) is 2. The molecular formula is C10H23NO. The van der Waals surface area contributed by atoms with E-state index in [1.165, 1.54) is 12.8 Å². The Kier molecular flexibility index (Phi) is 15.6. The molecule has 1 N–H and O–H groups in total. The summed E-state index contributed by atoms with van der Waals surface area (Å²) in [7, 11) is 1.82. The third-order valence-corrected chi connectivity index (χ3v) is 1.65. The minimum atomic E-state index is 0.0755. The Labute approximate surface area is 76.7 Å². The van der Waals surface area contributed by atoms with Crippen molar-refractivity contribution in [2.24, 2.45) is 0 Å². The average molecular weight is 173 g/mol. The van der Waals surface area contributed by atoms with E-state index in [-0.39, 0.29) is 6.04 Å². The summed E-state index contributed by atoms with van der Waals surface area (Å²) in [6.07, 6.45) is 5.56. The van der Waals surface area contributed by atoms with E-state index < -0.39 is 0 Å². The molecule has 0 radical (unpaired) electrons. The van der Waals surface area contributed by atoms with Gasteiger partial charge in [-0.2, -0.15) is 0 Å². The average Bonchev–Trinajstić information content (AvgIpc) is 2.16. The SMILES string of the molecule is CC.CCCCCC(C=O)NC. The molecule has 1 unspecified atom stereocenters. The van der Waals surface area contributed by atoms with Crippen LogP contribution in [0.1, 0.15) is 46.5 Å². The zero-order valence-corrected chi connectivity index (χ0v) is 8.89. The summed E-state index contributed by atoms with van der Waals surface area (Å²) in [6.45, 7) is 6.16. The molecule has 0 aliphatic heterocycles. The summed E-state index contributed by atoms with van der Waals surface area (Å²) in [5.41, 5.74) is 0. The predicted octanol–water partition coefficient (Wildman–Crippen LogP) is 2.38. The lowest BCUT2D eigenvalue weighted by Gasteiger charge is -2.06. The van der Waals surface area contributed by atoms with Gasteiger partial charge in [0, 0.05) is 0 Å². The van der Waals surface area contributed by atoms with Gasteiger partial charge in [-0.05, 0) is 13.5 Å². The van der Waals surface area contributed by atoms with Crippen LogP contribution in [0.4, 0.5) is 0 Å². The second-order valence-corrected chi connectivity index (χ2v) is 2.53. The van der Waals surface area contributed by atoms with Crippen molar-refractivity contribution in [3.63, 3.8) is 0 Å². The molecule has 0 heterocycles. The number of rotatable bonds is 6. The summed E-state index contributed by atoms with van der Waals surface area (Å²) in [5, 5.41) is 2.94. The van der Waals surface area contributed by atoms with Crippen LogP contribution in [-0.2, 0) is 4.79 Å². The number of hydrogen-bond donors (Lipinski definition) is 1. The molecule has 1 atom stereocenters. The Balaban J connectivity index is 0. The topological polar surface area (TPSA) is 29.1 Å². The van der Waals surface area contributed by atoms with Gasteiger partial charge < -0.3 is 10.1 Å². The highest BCUT2D eigenvalue weighted by Crippen LogP contribution is 2.00. The quantitative estimate of drug-likeness (QED) is 0.493. The number of aldehydes is 1. The van der Waals surface area contributed by atoms with Crippen LogP contribution >= 0.6 is 0 Å². The van der Waals surface area contributed by atoms with Gasteiger partial charge in [0.15, 0.2) is 0 Å². The fraction of sp³-hybridized carbons (Fsp3) is 0.900. The van der Waals surface area contributed by atoms with Crippen molar-refractivity contribution >= 4 is 6.29 Å². The van der Waals surface area contributed by atoms with Crippen molar-refractivity contribution in [2.75, 3.05) is 7.05 Å². The first-order chi connectivity index (χ1) is 5.85. The van der Waals surface area contributed by atoms with Crippen molar-refractivity contribution in [2.45, 2.75) is 52.5 Å². The van der Waals surface area contributed by atoms with Gasteiger partial charge in [-0.1, -0.05) is 40.0 Å². The highest BCUT2D eigenvalue weighted by atomic mass is 16.1. The van der Waals surface area contributed by atoms with Crippen LogP contribution in [0.3, 0.4) is 0 Å². The van der Waals surface area contributed by atoms with E-state index >= 15 is 0 Å². The van der Waals surface area contributed by atoms with E-state index in [0.717, 1.165) is 19.1 Å². The standard InChI is InChI=1S/C8H17NO.C2H6/c1-3-4-5-6-8(7-10)9-2;1-2/h7-9H,3-6H2,1-2H3;1-2H3. The highest BCUT2D eigenvalue weighted by Gasteiger charge is 2.00. The molecular weight excluding hydrogens is 150 g/mol. The van der Waals surface area contributed by atoms with Crippen molar-refractivity contribution < 1.29 is 4.79 Å². The van der Waals surface area contributed by atoms with E-state index in [2.05, 4.69) is 12.2 Å². The normalized spacial score (nSPS) is 11.3. The van der Waals surface area contributed by atoms with Crippen LogP contribution in [0.25, 0.3) is 0 Å². The largest absolute Gasteiger partial charge is 0.311 e. The molecule has 0 aliphatic carbocycles. The van der Waals surface area contributed by atoms with Gasteiger partial charge in [0.2, 0.25) is 0 Å². The monoisotopic (exact) mass is 173 g/mol. The Bertz CT molecular complexity index is 83.9. The van der Waals surface area contributed by atoms with Gasteiger partial charge in [0.25, 0.3) is 0 Å². The summed E-state index contributed by atoms with van der Waals surface area (Å²) in [6, 6.07) is 0.0755. The molecule has 74 valence electrons. The third kappa shape index (κ3) is 9.63. The Morgan fingerprint density at radius 3 is 2.25 bits per heavy atom. The Hall–Kier alpha value is -0.370. The minimum Gasteiger partial charge on any atom is -0.311 e. The van der Waals surface area contributed by atoms with Gasteiger partial charge >= 0.3 is 0 Å². The molecule has 0 aliphatic rings. The van der Waals surface area contributed by atoms with Gasteiger partial charge in [-0.25, -0.2) is 0 Å². The molecule has 0 aromatic rings. The predicted molar refractivity (Wildman–Crippen MR) is 54.4 cm³/mol. The molecule has 0 saturated carbocycles. The number of likely N-dealkylation sites (N-methyl/N-ethyl adjacent to an activating group) is 1. The maximum absolute atomic E-state index is 10.3. The first kappa shape index (κ1) is 14.2. The third-order valence-electron chi connectivity index (χ3n) is 1.65. The van der Waals surface area contributed by atoms with Gasteiger partial charge in [-0.15, -0.1) is 0 Å². The molecule has 0 spiro atoms. The van der Waals surface area contributed by atoms with Crippen molar-refractivity contribution in [1.82, 2.24) is 5.32 Å². The molecule has 2 heteroatoms. The maximum atomic E-state index is 10.3. The van der Waals surface area contributed by atoms with E-state index in [1.54, 1.807) is 0 Å². The van der Waals surface area contributed by atoms with Gasteiger partial charge in [-0.3, -0.25) is 0 Å². The first-order valence-corrected chi connectivity index (χ1v) is 4.97. The van der Waals surface area contributed by atoms with Gasteiger partial charge in [0.05, 0.1) is 6.04 Å². The Morgan fingerprint density at radius 2 is 1.92 bits per heavy atom. The zero-order valence-electron chi connectivity index (χ0n) is 8.89. The van der Waals surface area contributed by atoms with Gasteiger partial charge in [0.1, 0.15) is 6.29 Å². The van der Waals surface area contributed by atoms with Crippen LogP contribution in [-0.4, -0.2) is 19.4 Å². The summed E-state index contributed by atoms with van der Waals surface area (Å²) in [4.78, 5) is 10.3. The van der Waals surface area contributed by atoms with Crippen LogP contribution < -0.4 is 5.32 Å². The zero-order chi connectivity index (χ0) is 9.82. The summed E-state index contributed by atoms with van der Waals surface area (Å²) in [5.74, 6) is 0. The van der Waals surface area contributed by atoms with Crippen molar-refractivity contribution in [3.05, 3.63) is 0 Å². The summed E-state index contributed by atoms with van der Waals surface area (Å²) < 4.78 is 0. The van der Waals surface area contributed by atoms with E-state index in [1.807, 2.05) is 20.9 Å². The molecule has 2 nitrogen and oxygen atoms in total. The maximum Gasteiger partial charge on any atom is 0.136 e. The molecule has 0 aromatic heterocycles. The molecule has 0 fully saturated rings. The number of nitrogens with one attached hydrogen (secondary N) is 1. The molecule has 0 aromatic carbocycles. The van der Waals surface area contributed by atoms with Crippen molar-refractivity contribution in [1.29, 1.82) is 0 Å². The number of unbranched alkanes of at least 4 members (excludes halogenated alkanes) is 2. The molecule has 0 rings (SSSR count). The molecule has 0 bridgehead atoms. The smallest absolute Gasteiger partial charge is 0.136 e. The second-order valence-electron chi connectivity index (χ2n) is 2.53. The van der Waals surface area contributed by atoms with Crippen LogP contribution in [0.5, 0.6) is 0 Å². The number of carbonyl (C=O) groups excluding carboxylic acids is 1. The lowest BCUT2D eigenvalue weighted by molar-refractivity contribution is -0.109. The lowest BCUT2D eigenvalue weighted by Crippen LogP contribution is -2.26. The molecule has 12 heavy (non-hydrogen) atoms. The molecule has 0 saturated heterocycles. The first-order valence-electron chi connectivity index (χ1n) is 4.97. The van der Waals surface area contributed by atoms with E-state index in [9.17, 15) is 4.79 Å². The van der Waals surface area contributed by atoms with E-state index in [0.29, 0.717) is 0 Å². The Morgan fingerprint density at radius 1 is 1.33 bits per heavy atom. The lowest BCUT2D eigenvalue weighted by atomic mass is 10.1. The fourth-order valence-electron chi connectivity index (χ4n) is 0.895. The second kappa shape index (κ2) is 13.2. The van der Waals surface area contributed by atoms with Crippen molar-refractivity contribution in [3.8, 4) is 0 Å². The summed E-state index contributed by atoms with van der Waals surface area (Å²) >= 11 is 0. The fourth-order valence-corrected chi connectivity index (χ4v) is 0.895. The van der Waals surface area contributed by atoms with Crippen LogP contribution in [0, 0.1) is 0 Å². The number of carbonyl (C=O) groups is 1. The van der Waals surface area contributed by atoms with Crippen LogP contribution in [0.15, 0.2) is 0 Å². The minimum absolute atomic E-state index is 0.0755.